The number of amides is 1. The molecule has 162 valence electrons. The van der Waals surface area contributed by atoms with Crippen molar-refractivity contribution < 1.29 is 24.1 Å². The van der Waals surface area contributed by atoms with Gasteiger partial charge in [-0.05, 0) is 43.7 Å². The first-order valence-electron chi connectivity index (χ1n) is 10.8. The summed E-state index contributed by atoms with van der Waals surface area (Å²) in [4.78, 5) is 17.7. The minimum atomic E-state index is 0.206. The smallest absolute Gasteiger partial charge is 0.282 e. The summed E-state index contributed by atoms with van der Waals surface area (Å²) in [5.41, 5.74) is 3.51. The van der Waals surface area contributed by atoms with Crippen LogP contribution in [0.3, 0.4) is 0 Å². The number of rotatable bonds is 8. The Balaban J connectivity index is 1.54. The molecular weight excluding hydrogens is 378 g/mol. The van der Waals surface area contributed by atoms with Crippen LogP contribution < -0.4 is 24.2 Å². The van der Waals surface area contributed by atoms with Gasteiger partial charge in [0.05, 0.1) is 14.2 Å². The molecular formula is C24H35N3O3+2. The molecule has 1 fully saturated rings. The van der Waals surface area contributed by atoms with Crippen molar-refractivity contribution in [3.63, 3.8) is 0 Å². The second kappa shape index (κ2) is 10.5. The van der Waals surface area contributed by atoms with Gasteiger partial charge in [-0.2, -0.15) is 0 Å². The van der Waals surface area contributed by atoms with E-state index in [-0.39, 0.29) is 5.91 Å². The van der Waals surface area contributed by atoms with Crippen LogP contribution in [-0.4, -0.2) is 59.4 Å². The fourth-order valence-corrected chi connectivity index (χ4v) is 4.21. The summed E-state index contributed by atoms with van der Waals surface area (Å²) in [6, 6.07) is 14.1. The lowest BCUT2D eigenvalue weighted by Gasteiger charge is -2.31. The number of hydrogen-bond acceptors (Lipinski definition) is 3. The third kappa shape index (κ3) is 5.32. The van der Waals surface area contributed by atoms with Gasteiger partial charge in [-0.25, -0.2) is 0 Å². The van der Waals surface area contributed by atoms with E-state index in [4.69, 9.17) is 9.47 Å². The van der Waals surface area contributed by atoms with Crippen LogP contribution in [0.15, 0.2) is 42.5 Å². The van der Waals surface area contributed by atoms with Gasteiger partial charge in [-0.1, -0.05) is 18.2 Å². The van der Waals surface area contributed by atoms with E-state index in [1.54, 1.807) is 19.1 Å². The maximum Gasteiger partial charge on any atom is 0.282 e. The minimum Gasteiger partial charge on any atom is -0.493 e. The second-order valence-corrected chi connectivity index (χ2v) is 7.96. The van der Waals surface area contributed by atoms with E-state index in [1.165, 1.54) is 16.0 Å². The quantitative estimate of drug-likeness (QED) is 0.657. The number of carbonyl (C=O) groups excluding carboxylic acids is 1. The molecule has 1 saturated heterocycles. The second-order valence-electron chi connectivity index (χ2n) is 7.96. The summed E-state index contributed by atoms with van der Waals surface area (Å²) in [5.74, 6) is 1.77. The molecule has 6 nitrogen and oxygen atoms in total. The lowest BCUT2D eigenvalue weighted by molar-refractivity contribution is -1.02. The molecule has 2 aromatic rings. The van der Waals surface area contributed by atoms with Gasteiger partial charge in [0.15, 0.2) is 18.0 Å². The van der Waals surface area contributed by atoms with Gasteiger partial charge in [0.2, 0.25) is 0 Å². The number of methoxy groups -OCH3 is 2. The number of quaternary nitrogens is 2. The fourth-order valence-electron chi connectivity index (χ4n) is 4.21. The van der Waals surface area contributed by atoms with Crippen molar-refractivity contribution in [2.75, 3.05) is 58.4 Å². The standard InChI is InChI=1S/C24H33N3O3/c1-5-27(21-9-7-6-8-10-21)24(28)18-26-13-11-25(12-14-26)17-20-16-23(30-4)22(29-3)15-19(20)2/h6-10,15-16H,5,11-14,17-18H2,1-4H3/p+2. The molecule has 1 aliphatic heterocycles. The number of para-hydroxylation sites is 1. The first-order valence-corrected chi connectivity index (χ1v) is 10.8. The molecule has 0 unspecified atom stereocenters. The van der Waals surface area contributed by atoms with Gasteiger partial charge in [0.25, 0.3) is 5.91 Å². The Bertz CT molecular complexity index is 833. The molecule has 1 aliphatic rings. The zero-order chi connectivity index (χ0) is 21.5. The van der Waals surface area contributed by atoms with Crippen molar-refractivity contribution in [3.05, 3.63) is 53.6 Å². The van der Waals surface area contributed by atoms with Gasteiger partial charge in [-0.15, -0.1) is 0 Å². The van der Waals surface area contributed by atoms with Crippen LogP contribution in [0.4, 0.5) is 5.69 Å². The monoisotopic (exact) mass is 413 g/mol. The average Bonchev–Trinajstić information content (AvgIpc) is 2.77. The van der Waals surface area contributed by atoms with Crippen LogP contribution in [0.1, 0.15) is 18.1 Å². The van der Waals surface area contributed by atoms with E-state index in [2.05, 4.69) is 19.1 Å². The Kier molecular flexibility index (Phi) is 7.71. The van der Waals surface area contributed by atoms with Gasteiger partial charge in [-0.3, -0.25) is 4.79 Å². The Hall–Kier alpha value is -2.57. The maximum atomic E-state index is 12.9. The van der Waals surface area contributed by atoms with E-state index in [1.807, 2.05) is 42.2 Å². The first-order chi connectivity index (χ1) is 14.5. The van der Waals surface area contributed by atoms with Crippen LogP contribution in [0.5, 0.6) is 11.5 Å². The van der Waals surface area contributed by atoms with Crippen molar-refractivity contribution in [1.29, 1.82) is 0 Å². The van der Waals surface area contributed by atoms with Crippen molar-refractivity contribution in [2.24, 2.45) is 0 Å². The number of aryl methyl sites for hydroxylation is 1. The van der Waals surface area contributed by atoms with Crippen molar-refractivity contribution in [1.82, 2.24) is 0 Å². The summed E-state index contributed by atoms with van der Waals surface area (Å²) < 4.78 is 10.9. The first kappa shape index (κ1) is 22.1. The zero-order valence-corrected chi connectivity index (χ0v) is 18.7. The summed E-state index contributed by atoms with van der Waals surface area (Å²) in [5, 5.41) is 0. The molecule has 0 aliphatic carbocycles. The molecule has 30 heavy (non-hydrogen) atoms. The number of ether oxygens (including phenoxy) is 2. The van der Waals surface area contributed by atoms with Crippen LogP contribution >= 0.6 is 0 Å². The van der Waals surface area contributed by atoms with Crippen LogP contribution in [0.2, 0.25) is 0 Å². The van der Waals surface area contributed by atoms with Crippen LogP contribution in [0, 0.1) is 6.92 Å². The van der Waals surface area contributed by atoms with Crippen molar-refractivity contribution in [2.45, 2.75) is 20.4 Å². The number of carbonyl (C=O) groups is 1. The highest BCUT2D eigenvalue weighted by Crippen LogP contribution is 2.29. The normalized spacial score (nSPS) is 18.7. The highest BCUT2D eigenvalue weighted by Gasteiger charge is 2.27. The van der Waals surface area contributed by atoms with Gasteiger partial charge in [0.1, 0.15) is 32.7 Å². The van der Waals surface area contributed by atoms with Gasteiger partial charge < -0.3 is 24.2 Å². The molecule has 6 heteroatoms. The Labute approximate surface area is 180 Å². The Morgan fingerprint density at radius 3 is 2.17 bits per heavy atom. The fraction of sp³-hybridized carbons (Fsp3) is 0.458. The van der Waals surface area contributed by atoms with Crippen LogP contribution in [0.25, 0.3) is 0 Å². The predicted molar refractivity (Wildman–Crippen MR) is 119 cm³/mol. The van der Waals surface area contributed by atoms with Crippen molar-refractivity contribution in [3.8, 4) is 11.5 Å². The Morgan fingerprint density at radius 2 is 1.57 bits per heavy atom. The molecule has 0 aromatic heterocycles. The average molecular weight is 414 g/mol. The minimum absolute atomic E-state index is 0.206. The van der Waals surface area contributed by atoms with E-state index < -0.39 is 0 Å². The predicted octanol–water partition coefficient (Wildman–Crippen LogP) is 0.349. The highest BCUT2D eigenvalue weighted by molar-refractivity contribution is 5.93. The zero-order valence-electron chi connectivity index (χ0n) is 18.7. The van der Waals surface area contributed by atoms with Gasteiger partial charge >= 0.3 is 0 Å². The topological polar surface area (TPSA) is 47.7 Å². The molecule has 2 aromatic carbocycles. The molecule has 0 bridgehead atoms. The molecule has 0 atom stereocenters. The summed E-state index contributed by atoms with van der Waals surface area (Å²) in [6.45, 7) is 10.5. The third-order valence-corrected chi connectivity index (χ3v) is 6.03. The molecule has 0 radical (unpaired) electrons. The lowest BCUT2D eigenvalue weighted by atomic mass is 10.1. The number of nitrogens with zero attached hydrogens (tertiary/aromatic N) is 1. The van der Waals surface area contributed by atoms with Crippen LogP contribution in [-0.2, 0) is 11.3 Å². The number of nitrogens with one attached hydrogen (secondary N) is 2. The largest absolute Gasteiger partial charge is 0.493 e. The van der Waals surface area contributed by atoms with E-state index in [0.29, 0.717) is 13.1 Å². The highest BCUT2D eigenvalue weighted by atomic mass is 16.5. The molecule has 2 N–H and O–H groups in total. The molecule has 1 amide bonds. The number of hydrogen-bond donors (Lipinski definition) is 2. The lowest BCUT2D eigenvalue weighted by Crippen LogP contribution is -3.28. The van der Waals surface area contributed by atoms with Gasteiger partial charge in [0, 0.05) is 17.8 Å². The third-order valence-electron chi connectivity index (χ3n) is 6.03. The maximum absolute atomic E-state index is 12.9. The molecule has 3 rings (SSSR count). The SMILES string of the molecule is CCN(C(=O)C[NH+]1CC[NH+](Cc2cc(OC)c(OC)cc2C)CC1)c1ccccc1. The summed E-state index contributed by atoms with van der Waals surface area (Å²) >= 11 is 0. The van der Waals surface area contributed by atoms with E-state index in [0.717, 1.165) is 49.9 Å². The van der Waals surface area contributed by atoms with E-state index in [9.17, 15) is 4.79 Å². The summed E-state index contributed by atoms with van der Waals surface area (Å²) in [6.07, 6.45) is 0. The number of benzene rings is 2. The number of piperazine rings is 1. The van der Waals surface area contributed by atoms with Crippen molar-refractivity contribution >= 4 is 11.6 Å². The number of likely N-dealkylation sites (N-methyl/N-ethyl adjacent to an activating group) is 1. The number of anilines is 1. The van der Waals surface area contributed by atoms with E-state index >= 15 is 0 Å². The molecule has 0 spiro atoms. The molecule has 0 saturated carbocycles. The summed E-state index contributed by atoms with van der Waals surface area (Å²) in [7, 11) is 3.35. The molecule has 1 heterocycles. The Morgan fingerprint density at radius 1 is 0.967 bits per heavy atom.